The van der Waals surface area contributed by atoms with E-state index in [1.54, 1.807) is 53.5 Å². The third-order valence-corrected chi connectivity index (χ3v) is 7.99. The second-order valence-electron chi connectivity index (χ2n) is 11.4. The molecule has 0 bridgehead atoms. The lowest BCUT2D eigenvalue weighted by Gasteiger charge is -2.27. The molecule has 1 atom stereocenters. The van der Waals surface area contributed by atoms with Crippen LogP contribution in [0.5, 0.6) is 5.88 Å². The number of halogens is 2. The predicted octanol–water partition coefficient (Wildman–Crippen LogP) is 5.56. The molecular weight excluding hydrogens is 618 g/mol. The molecule has 2 aromatic carbocycles. The van der Waals surface area contributed by atoms with E-state index in [2.05, 4.69) is 31.9 Å². The summed E-state index contributed by atoms with van der Waals surface area (Å²) in [6.07, 6.45) is 5.92. The predicted molar refractivity (Wildman–Crippen MR) is 171 cm³/mol. The minimum Gasteiger partial charge on any atom is -0.478 e. The smallest absolute Gasteiger partial charge is 0.335 e. The normalized spacial score (nSPS) is 13.9. The fourth-order valence-electron chi connectivity index (χ4n) is 5.37. The summed E-state index contributed by atoms with van der Waals surface area (Å²) in [6, 6.07) is 15.4. The summed E-state index contributed by atoms with van der Waals surface area (Å²) in [6.45, 7) is 1.23. The van der Waals surface area contributed by atoms with Crippen molar-refractivity contribution in [2.24, 2.45) is 7.05 Å². The van der Waals surface area contributed by atoms with Crippen molar-refractivity contribution in [2.75, 3.05) is 6.61 Å². The minimum absolute atomic E-state index is 0.00864. The summed E-state index contributed by atoms with van der Waals surface area (Å²) >= 11 is 0. The van der Waals surface area contributed by atoms with Crippen molar-refractivity contribution in [2.45, 2.75) is 32.1 Å². The van der Waals surface area contributed by atoms with Gasteiger partial charge in [0.2, 0.25) is 5.88 Å². The lowest BCUT2D eigenvalue weighted by molar-refractivity contribution is -0.0589. The SMILES string of the molecule is Cn1cc(C#Cc2ccc(COc3cccc(-c4cc(F)c(Cc5nc6ccc(C(=O)O)cc6n5CC5CCO5)cc4F)n3)cn2)cn1. The molecule has 1 saturated heterocycles. The van der Waals surface area contributed by atoms with E-state index in [4.69, 9.17) is 9.47 Å². The number of carbonyl (C=O) groups is 1. The van der Waals surface area contributed by atoms with Gasteiger partial charge in [0.05, 0.1) is 46.7 Å². The third kappa shape index (κ3) is 6.63. The van der Waals surface area contributed by atoms with E-state index in [0.717, 1.165) is 29.7 Å². The standard InChI is InChI=1S/C36H28F2N6O4/c1-43-19-22(18-40-43)5-8-26-9-6-23(17-39-26)21-48-35-4-2-3-31(42-35)28-16-29(37)25(13-30(28)38)15-34-41-32-10-7-24(36(45)46)14-33(32)44(34)20-27-11-12-47-27/h2-4,6-7,9-10,13-14,16-19,27H,11-12,15,20-21H2,1H3,(H,45,46). The molecule has 240 valence electrons. The van der Waals surface area contributed by atoms with Gasteiger partial charge in [-0.3, -0.25) is 4.68 Å². The zero-order valence-corrected chi connectivity index (χ0v) is 25.7. The van der Waals surface area contributed by atoms with Crippen LogP contribution < -0.4 is 4.74 Å². The van der Waals surface area contributed by atoms with Gasteiger partial charge in [0.25, 0.3) is 0 Å². The van der Waals surface area contributed by atoms with Crippen LogP contribution in [0.3, 0.4) is 0 Å². The molecule has 0 spiro atoms. The highest BCUT2D eigenvalue weighted by atomic mass is 19.1. The number of nitrogens with zero attached hydrogens (tertiary/aromatic N) is 6. The largest absolute Gasteiger partial charge is 0.478 e. The van der Waals surface area contributed by atoms with Crippen LogP contribution in [0.4, 0.5) is 8.78 Å². The van der Waals surface area contributed by atoms with Crippen LogP contribution >= 0.6 is 0 Å². The number of ether oxygens (including phenoxy) is 2. The van der Waals surface area contributed by atoms with Crippen LogP contribution in [0, 0.1) is 23.5 Å². The van der Waals surface area contributed by atoms with Gasteiger partial charge in [-0.05, 0) is 60.4 Å². The van der Waals surface area contributed by atoms with Crippen molar-refractivity contribution < 1.29 is 28.2 Å². The van der Waals surface area contributed by atoms with E-state index in [1.165, 1.54) is 6.07 Å². The fraction of sp³-hybridized carbons (Fsp3) is 0.194. The van der Waals surface area contributed by atoms with Gasteiger partial charge in [-0.1, -0.05) is 18.1 Å². The molecule has 48 heavy (non-hydrogen) atoms. The molecule has 1 aliphatic heterocycles. The van der Waals surface area contributed by atoms with Gasteiger partial charge in [-0.2, -0.15) is 5.10 Å². The number of aryl methyl sites for hydroxylation is 1. The highest BCUT2D eigenvalue weighted by Crippen LogP contribution is 2.29. The maximum absolute atomic E-state index is 15.6. The summed E-state index contributed by atoms with van der Waals surface area (Å²) in [4.78, 5) is 25.0. The molecule has 0 amide bonds. The first-order chi connectivity index (χ1) is 23.3. The molecule has 10 nitrogen and oxygen atoms in total. The van der Waals surface area contributed by atoms with Crippen molar-refractivity contribution in [1.29, 1.82) is 0 Å². The van der Waals surface area contributed by atoms with Crippen molar-refractivity contribution in [3.63, 3.8) is 0 Å². The van der Waals surface area contributed by atoms with E-state index in [1.807, 2.05) is 23.9 Å². The van der Waals surface area contributed by atoms with Crippen molar-refractivity contribution in [1.82, 2.24) is 29.3 Å². The number of imidazole rings is 1. The number of pyridine rings is 2. The van der Waals surface area contributed by atoms with Crippen molar-refractivity contribution in [3.8, 4) is 29.0 Å². The van der Waals surface area contributed by atoms with E-state index < -0.39 is 17.6 Å². The van der Waals surface area contributed by atoms with Crippen LogP contribution in [-0.4, -0.2) is 53.1 Å². The van der Waals surface area contributed by atoms with Crippen LogP contribution in [0.15, 0.2) is 79.3 Å². The molecule has 7 rings (SSSR count). The van der Waals surface area contributed by atoms with Crippen molar-refractivity contribution in [3.05, 3.63) is 125 Å². The molecule has 12 heteroatoms. The number of carboxylic acid groups (broad SMARTS) is 1. The Labute approximate surface area is 273 Å². The second-order valence-corrected chi connectivity index (χ2v) is 11.4. The zero-order valence-electron chi connectivity index (χ0n) is 25.7. The fourth-order valence-corrected chi connectivity index (χ4v) is 5.37. The zero-order chi connectivity index (χ0) is 33.2. The van der Waals surface area contributed by atoms with Gasteiger partial charge in [-0.15, -0.1) is 0 Å². The Hall–Kier alpha value is -5.93. The molecule has 1 fully saturated rings. The topological polar surface area (TPSA) is 117 Å². The number of aromatic carboxylic acids is 1. The highest BCUT2D eigenvalue weighted by Gasteiger charge is 2.23. The average Bonchev–Trinajstić information content (AvgIpc) is 3.64. The average molecular weight is 647 g/mol. The maximum Gasteiger partial charge on any atom is 0.335 e. The van der Waals surface area contributed by atoms with E-state index in [0.29, 0.717) is 35.7 Å². The number of rotatable bonds is 9. The van der Waals surface area contributed by atoms with E-state index in [9.17, 15) is 9.90 Å². The first-order valence-corrected chi connectivity index (χ1v) is 15.2. The van der Waals surface area contributed by atoms with E-state index >= 15 is 8.78 Å². The van der Waals surface area contributed by atoms with Gasteiger partial charge in [0, 0.05) is 49.7 Å². The Balaban J connectivity index is 1.07. The highest BCUT2D eigenvalue weighted by molar-refractivity contribution is 5.92. The summed E-state index contributed by atoms with van der Waals surface area (Å²) in [5, 5.41) is 13.6. The molecule has 1 N–H and O–H groups in total. The Morgan fingerprint density at radius 1 is 1.06 bits per heavy atom. The molecular formula is C36H28F2N6O4. The summed E-state index contributed by atoms with van der Waals surface area (Å²) in [5.41, 5.74) is 3.75. The van der Waals surface area contributed by atoms with E-state index in [-0.39, 0.29) is 47.4 Å². The Kier molecular flexibility index (Phi) is 8.35. The Morgan fingerprint density at radius 2 is 1.94 bits per heavy atom. The van der Waals surface area contributed by atoms with Crippen molar-refractivity contribution >= 4 is 17.0 Å². The van der Waals surface area contributed by atoms with Crippen LogP contribution in [0.1, 0.15) is 45.0 Å². The van der Waals surface area contributed by atoms with Gasteiger partial charge in [0.15, 0.2) is 0 Å². The number of benzene rings is 2. The first kappa shape index (κ1) is 30.7. The molecule has 0 radical (unpaired) electrons. The Bertz CT molecular complexity index is 2210. The minimum atomic E-state index is -1.06. The molecule has 0 saturated carbocycles. The number of carboxylic acids is 1. The monoisotopic (exact) mass is 646 g/mol. The summed E-state index contributed by atoms with van der Waals surface area (Å²) < 4.78 is 46.1. The van der Waals surface area contributed by atoms with Gasteiger partial charge < -0.3 is 19.1 Å². The molecule has 6 aromatic rings. The summed E-state index contributed by atoms with van der Waals surface area (Å²) in [7, 11) is 1.82. The molecule has 4 aromatic heterocycles. The summed E-state index contributed by atoms with van der Waals surface area (Å²) in [5.74, 6) is 4.38. The lowest BCUT2D eigenvalue weighted by Crippen LogP contribution is -2.31. The Morgan fingerprint density at radius 3 is 2.67 bits per heavy atom. The molecule has 0 aliphatic carbocycles. The molecule has 5 heterocycles. The molecule has 1 unspecified atom stereocenters. The van der Waals surface area contributed by atoms with Gasteiger partial charge in [0.1, 0.15) is 29.8 Å². The van der Waals surface area contributed by atoms with Crippen LogP contribution in [0.25, 0.3) is 22.3 Å². The number of aromatic nitrogens is 6. The number of fused-ring (bicyclic) bond motifs is 1. The van der Waals surface area contributed by atoms with Crippen LogP contribution in [-0.2, 0) is 31.4 Å². The second kappa shape index (κ2) is 13.1. The lowest BCUT2D eigenvalue weighted by atomic mass is 10.0. The van der Waals surface area contributed by atoms with Gasteiger partial charge in [-0.25, -0.2) is 28.5 Å². The van der Waals surface area contributed by atoms with Crippen LogP contribution in [0.2, 0.25) is 0 Å². The number of hydrogen-bond donors (Lipinski definition) is 1. The van der Waals surface area contributed by atoms with Gasteiger partial charge >= 0.3 is 5.97 Å². The quantitative estimate of drug-likeness (QED) is 0.203. The third-order valence-electron chi connectivity index (χ3n) is 7.99. The maximum atomic E-state index is 15.6. The molecule has 1 aliphatic rings. The number of hydrogen-bond acceptors (Lipinski definition) is 7. The first-order valence-electron chi connectivity index (χ1n) is 15.2.